The third-order valence-electron chi connectivity index (χ3n) is 5.67. The van der Waals surface area contributed by atoms with Crippen LogP contribution in [0.5, 0.6) is 0 Å². The molecule has 4 aromatic rings. The van der Waals surface area contributed by atoms with Crippen molar-refractivity contribution in [3.8, 4) is 5.69 Å². The number of anilines is 1. The summed E-state index contributed by atoms with van der Waals surface area (Å²) in [6.45, 7) is 6.04. The molecule has 10 heteroatoms. The molecule has 0 bridgehead atoms. The Morgan fingerprint density at radius 3 is 2.46 bits per heavy atom. The second-order valence-electron chi connectivity index (χ2n) is 8.52. The maximum atomic E-state index is 12.8. The molecule has 1 heterocycles. The van der Waals surface area contributed by atoms with Crippen LogP contribution in [0.25, 0.3) is 5.69 Å². The normalized spacial score (nSPS) is 10.8. The van der Waals surface area contributed by atoms with Gasteiger partial charge in [-0.1, -0.05) is 53.2 Å². The Kier molecular flexibility index (Phi) is 8.53. The number of amides is 2. The zero-order valence-electron chi connectivity index (χ0n) is 20.5. The van der Waals surface area contributed by atoms with E-state index in [0.717, 1.165) is 22.4 Å². The highest BCUT2D eigenvalue weighted by atomic mass is 35.5. The minimum atomic E-state index is -0.224. The van der Waals surface area contributed by atoms with Crippen LogP contribution in [0.3, 0.4) is 0 Å². The molecular weight excluding hydrogens is 529 g/mol. The quantitative estimate of drug-likeness (QED) is 0.255. The van der Waals surface area contributed by atoms with Crippen LogP contribution in [0.2, 0.25) is 10.0 Å². The van der Waals surface area contributed by atoms with Crippen LogP contribution in [0.1, 0.15) is 32.9 Å². The second kappa shape index (κ2) is 11.8. The zero-order valence-corrected chi connectivity index (χ0v) is 22.8. The van der Waals surface area contributed by atoms with Crippen molar-refractivity contribution in [3.63, 3.8) is 0 Å². The number of rotatable bonds is 8. The van der Waals surface area contributed by atoms with E-state index in [2.05, 4.69) is 20.8 Å². The smallest absolute Gasteiger partial charge is 0.251 e. The molecule has 0 aliphatic heterocycles. The van der Waals surface area contributed by atoms with Gasteiger partial charge < -0.3 is 10.6 Å². The fourth-order valence-electron chi connectivity index (χ4n) is 3.59. The van der Waals surface area contributed by atoms with Gasteiger partial charge in [-0.15, -0.1) is 10.2 Å². The Morgan fingerprint density at radius 2 is 1.73 bits per heavy atom. The highest BCUT2D eigenvalue weighted by Crippen LogP contribution is 2.28. The summed E-state index contributed by atoms with van der Waals surface area (Å²) in [5.74, 6) is 0.196. The topological polar surface area (TPSA) is 88.9 Å². The van der Waals surface area contributed by atoms with Gasteiger partial charge in [0.25, 0.3) is 5.91 Å². The summed E-state index contributed by atoms with van der Waals surface area (Å²) < 4.78 is 1.76. The maximum Gasteiger partial charge on any atom is 0.251 e. The predicted octanol–water partition coefficient (Wildman–Crippen LogP) is 6.16. The van der Waals surface area contributed by atoms with Crippen LogP contribution in [-0.4, -0.2) is 32.3 Å². The number of nitrogens with one attached hydrogen (secondary N) is 2. The van der Waals surface area contributed by atoms with Crippen molar-refractivity contribution in [3.05, 3.63) is 98.8 Å². The van der Waals surface area contributed by atoms with Gasteiger partial charge in [0, 0.05) is 11.3 Å². The molecule has 0 aliphatic rings. The monoisotopic (exact) mass is 553 g/mol. The molecule has 0 radical (unpaired) electrons. The van der Waals surface area contributed by atoms with E-state index in [4.69, 9.17) is 23.2 Å². The van der Waals surface area contributed by atoms with E-state index in [9.17, 15) is 9.59 Å². The van der Waals surface area contributed by atoms with Gasteiger partial charge in [-0.25, -0.2) is 0 Å². The van der Waals surface area contributed by atoms with Crippen molar-refractivity contribution < 1.29 is 9.59 Å². The predicted molar refractivity (Wildman–Crippen MR) is 149 cm³/mol. The van der Waals surface area contributed by atoms with E-state index >= 15 is 0 Å². The summed E-state index contributed by atoms with van der Waals surface area (Å²) in [7, 11) is 0. The van der Waals surface area contributed by atoms with Crippen LogP contribution in [0.4, 0.5) is 5.69 Å². The Bertz CT molecular complexity index is 1470. The molecule has 37 heavy (non-hydrogen) atoms. The first-order valence-electron chi connectivity index (χ1n) is 11.5. The van der Waals surface area contributed by atoms with Crippen LogP contribution < -0.4 is 10.6 Å². The average molecular weight is 555 g/mol. The zero-order chi connectivity index (χ0) is 26.5. The molecule has 0 saturated carbocycles. The molecule has 4 rings (SSSR count). The fraction of sp³-hybridized carbons (Fsp3) is 0.185. The van der Waals surface area contributed by atoms with E-state index in [0.29, 0.717) is 32.3 Å². The van der Waals surface area contributed by atoms with Crippen LogP contribution in [0, 0.1) is 20.8 Å². The summed E-state index contributed by atoms with van der Waals surface area (Å²) in [5, 5.41) is 15.6. The van der Waals surface area contributed by atoms with Crippen LogP contribution in [-0.2, 0) is 11.3 Å². The lowest BCUT2D eigenvalue weighted by molar-refractivity contribution is -0.113. The molecule has 0 aliphatic carbocycles. The lowest BCUT2D eigenvalue weighted by Crippen LogP contribution is -2.24. The van der Waals surface area contributed by atoms with E-state index in [1.807, 2.05) is 57.2 Å². The number of nitrogens with zero attached hydrogens (tertiary/aromatic N) is 3. The van der Waals surface area contributed by atoms with Crippen molar-refractivity contribution in [1.82, 2.24) is 20.1 Å². The number of halogens is 2. The number of carbonyl (C=O) groups excluding carboxylic acids is 2. The molecule has 2 amide bonds. The molecule has 0 unspecified atom stereocenters. The average Bonchev–Trinajstić information content (AvgIpc) is 3.27. The molecule has 0 fully saturated rings. The number of thioether (sulfide) groups is 1. The molecule has 190 valence electrons. The van der Waals surface area contributed by atoms with E-state index in [1.165, 1.54) is 11.8 Å². The first-order valence-corrected chi connectivity index (χ1v) is 13.2. The van der Waals surface area contributed by atoms with Crippen molar-refractivity contribution in [2.24, 2.45) is 0 Å². The number of aromatic nitrogens is 3. The largest absolute Gasteiger partial charge is 0.345 e. The highest BCUT2D eigenvalue weighted by molar-refractivity contribution is 7.99. The number of hydrogen-bond donors (Lipinski definition) is 2. The van der Waals surface area contributed by atoms with Gasteiger partial charge in [0.15, 0.2) is 11.0 Å². The summed E-state index contributed by atoms with van der Waals surface area (Å²) in [6.07, 6.45) is 0. The van der Waals surface area contributed by atoms with Gasteiger partial charge >= 0.3 is 0 Å². The Morgan fingerprint density at radius 1 is 0.919 bits per heavy atom. The summed E-state index contributed by atoms with van der Waals surface area (Å²) in [5.41, 5.74) is 5.16. The third kappa shape index (κ3) is 6.71. The molecule has 2 N–H and O–H groups in total. The van der Waals surface area contributed by atoms with Gasteiger partial charge in [0.05, 0.1) is 28.0 Å². The Labute approximate surface area is 229 Å². The molecule has 0 atom stereocenters. The van der Waals surface area contributed by atoms with Gasteiger partial charge in [0.1, 0.15) is 0 Å². The Balaban J connectivity index is 1.53. The molecule has 0 spiro atoms. The van der Waals surface area contributed by atoms with Crippen molar-refractivity contribution in [2.75, 3.05) is 11.1 Å². The van der Waals surface area contributed by atoms with E-state index in [1.54, 1.807) is 28.8 Å². The maximum absolute atomic E-state index is 12.8. The summed E-state index contributed by atoms with van der Waals surface area (Å²) in [4.78, 5) is 25.4. The second-order valence-corrected chi connectivity index (χ2v) is 10.3. The lowest BCUT2D eigenvalue weighted by atomic mass is 10.1. The summed E-state index contributed by atoms with van der Waals surface area (Å²) in [6, 6.07) is 18.3. The van der Waals surface area contributed by atoms with Crippen molar-refractivity contribution >= 4 is 52.5 Å². The minimum Gasteiger partial charge on any atom is -0.345 e. The number of hydrogen-bond acceptors (Lipinski definition) is 5. The van der Waals surface area contributed by atoms with Gasteiger partial charge in [0.2, 0.25) is 5.91 Å². The van der Waals surface area contributed by atoms with Crippen molar-refractivity contribution in [2.45, 2.75) is 32.5 Å². The van der Waals surface area contributed by atoms with Gasteiger partial charge in [-0.2, -0.15) is 0 Å². The SMILES string of the molecule is Cc1cccc(NC(=O)CSc2nnc(CNC(=O)c3ccc(C)c(C)c3)n2-c2ccc(Cl)c(Cl)c2)c1. The molecule has 7 nitrogen and oxygen atoms in total. The lowest BCUT2D eigenvalue weighted by Gasteiger charge is -2.12. The molecular formula is C27H25Cl2N5O2S. The minimum absolute atomic E-state index is 0.113. The number of aryl methyl sites for hydroxylation is 3. The first kappa shape index (κ1) is 26.7. The van der Waals surface area contributed by atoms with Gasteiger partial charge in [-0.3, -0.25) is 14.2 Å². The third-order valence-corrected chi connectivity index (χ3v) is 7.34. The van der Waals surface area contributed by atoms with Gasteiger partial charge in [-0.05, 0) is 79.9 Å². The fourth-order valence-corrected chi connectivity index (χ4v) is 4.65. The number of benzene rings is 3. The standard InChI is InChI=1S/C27H25Cl2N5O2S/c1-16-5-4-6-20(11-16)31-25(35)15-37-27-33-32-24(34(27)21-9-10-22(28)23(29)13-21)14-30-26(36)19-8-7-17(2)18(3)12-19/h4-13H,14-15H2,1-3H3,(H,30,36)(H,31,35). The van der Waals surface area contributed by atoms with Crippen molar-refractivity contribution in [1.29, 1.82) is 0 Å². The first-order chi connectivity index (χ1) is 17.7. The van der Waals surface area contributed by atoms with E-state index < -0.39 is 0 Å². The molecule has 0 saturated heterocycles. The highest BCUT2D eigenvalue weighted by Gasteiger charge is 2.18. The van der Waals surface area contributed by atoms with Crippen LogP contribution >= 0.6 is 35.0 Å². The Hall–Kier alpha value is -3.33. The van der Waals surface area contributed by atoms with E-state index in [-0.39, 0.29) is 24.1 Å². The molecule has 1 aromatic heterocycles. The number of carbonyl (C=O) groups is 2. The molecule has 3 aromatic carbocycles. The summed E-state index contributed by atoms with van der Waals surface area (Å²) >= 11 is 13.6. The van der Waals surface area contributed by atoms with Crippen LogP contribution in [0.15, 0.2) is 65.8 Å².